The van der Waals surface area contributed by atoms with E-state index in [1.165, 1.54) is 30.4 Å². The van der Waals surface area contributed by atoms with Gasteiger partial charge in [-0.25, -0.2) is 9.37 Å². The number of anilines is 3. The van der Waals surface area contributed by atoms with Crippen LogP contribution in [0.3, 0.4) is 0 Å². The maximum absolute atomic E-state index is 14.4. The summed E-state index contributed by atoms with van der Waals surface area (Å²) in [5.41, 5.74) is 2.05. The van der Waals surface area contributed by atoms with Crippen molar-refractivity contribution in [3.8, 4) is 11.3 Å². The Labute approximate surface area is 188 Å². The van der Waals surface area contributed by atoms with E-state index in [1.54, 1.807) is 35.7 Å². The highest BCUT2D eigenvalue weighted by atomic mass is 32.1. The van der Waals surface area contributed by atoms with Crippen LogP contribution in [0.5, 0.6) is 0 Å². The molecule has 1 fully saturated rings. The first kappa shape index (κ1) is 21.6. The highest BCUT2D eigenvalue weighted by Gasteiger charge is 2.39. The summed E-state index contributed by atoms with van der Waals surface area (Å²) in [6.07, 6.45) is 0.908. The standard InChI is InChI=1S/C23H21FN4O3S/c1-12-9-18(12)22(31)26-15-5-3-14(4-6-15)21(30)28-23-27-20(11-32-23)17-8-7-16(10-19(17)24)25-13(2)29/h3-8,10-12,18H,9H2,1-2H3,(H,25,29)(H,26,31)(H,27,28,30). The van der Waals surface area contributed by atoms with Crippen molar-refractivity contribution < 1.29 is 18.8 Å². The summed E-state index contributed by atoms with van der Waals surface area (Å²) >= 11 is 1.18. The number of hydrogen-bond donors (Lipinski definition) is 3. The van der Waals surface area contributed by atoms with Crippen LogP contribution >= 0.6 is 11.3 Å². The lowest BCUT2D eigenvalue weighted by atomic mass is 10.1. The molecule has 1 aliphatic rings. The lowest BCUT2D eigenvalue weighted by Crippen LogP contribution is -2.15. The number of nitrogens with zero attached hydrogens (tertiary/aromatic N) is 1. The van der Waals surface area contributed by atoms with E-state index in [-0.39, 0.29) is 29.2 Å². The minimum absolute atomic E-state index is 0.00218. The Hall–Kier alpha value is -3.59. The normalized spacial score (nSPS) is 16.8. The van der Waals surface area contributed by atoms with Crippen molar-refractivity contribution in [2.24, 2.45) is 11.8 Å². The molecule has 2 aromatic carbocycles. The van der Waals surface area contributed by atoms with Crippen molar-refractivity contribution in [1.82, 2.24) is 4.98 Å². The molecule has 9 heteroatoms. The predicted molar refractivity (Wildman–Crippen MR) is 122 cm³/mol. The molecule has 1 aromatic heterocycles. The smallest absolute Gasteiger partial charge is 0.257 e. The van der Waals surface area contributed by atoms with E-state index in [9.17, 15) is 18.8 Å². The molecule has 4 rings (SSSR count). The van der Waals surface area contributed by atoms with Crippen LogP contribution in [0.15, 0.2) is 47.8 Å². The van der Waals surface area contributed by atoms with E-state index in [4.69, 9.17) is 0 Å². The summed E-state index contributed by atoms with van der Waals surface area (Å²) in [5, 5.41) is 10.0. The van der Waals surface area contributed by atoms with E-state index < -0.39 is 5.82 Å². The highest BCUT2D eigenvalue weighted by molar-refractivity contribution is 7.14. The quantitative estimate of drug-likeness (QED) is 0.502. The first-order valence-corrected chi connectivity index (χ1v) is 10.9. The second-order valence-electron chi connectivity index (χ2n) is 7.75. The summed E-state index contributed by atoms with van der Waals surface area (Å²) in [6.45, 7) is 3.39. The molecular weight excluding hydrogens is 431 g/mol. The SMILES string of the molecule is CC(=O)Nc1ccc(-c2csc(NC(=O)c3ccc(NC(=O)C4CC4C)cc3)n2)c(F)c1. The molecule has 0 saturated heterocycles. The molecule has 1 heterocycles. The lowest BCUT2D eigenvalue weighted by molar-refractivity contribution is -0.117. The number of thiazole rings is 1. The maximum atomic E-state index is 14.4. The van der Waals surface area contributed by atoms with Gasteiger partial charge in [-0.15, -0.1) is 11.3 Å². The number of carbonyl (C=O) groups is 3. The van der Waals surface area contributed by atoms with E-state index in [0.29, 0.717) is 33.7 Å². The minimum Gasteiger partial charge on any atom is -0.326 e. The number of benzene rings is 2. The fraction of sp³-hybridized carbons (Fsp3) is 0.217. The van der Waals surface area contributed by atoms with Crippen molar-refractivity contribution in [3.05, 3.63) is 59.2 Å². The first-order valence-electron chi connectivity index (χ1n) is 10.1. The van der Waals surface area contributed by atoms with Crippen LogP contribution in [-0.4, -0.2) is 22.7 Å². The van der Waals surface area contributed by atoms with Crippen molar-refractivity contribution in [2.75, 3.05) is 16.0 Å². The van der Waals surface area contributed by atoms with Gasteiger partial charge in [0.25, 0.3) is 5.91 Å². The monoisotopic (exact) mass is 452 g/mol. The fourth-order valence-electron chi connectivity index (χ4n) is 3.26. The molecule has 2 atom stereocenters. The second kappa shape index (κ2) is 8.88. The summed E-state index contributed by atoms with van der Waals surface area (Å²) in [5.74, 6) is -0.680. The van der Waals surface area contributed by atoms with Gasteiger partial charge < -0.3 is 10.6 Å². The molecule has 0 aliphatic heterocycles. The van der Waals surface area contributed by atoms with Crippen LogP contribution in [-0.2, 0) is 9.59 Å². The number of rotatable bonds is 6. The molecule has 7 nitrogen and oxygen atoms in total. The zero-order chi connectivity index (χ0) is 22.8. The van der Waals surface area contributed by atoms with Crippen LogP contribution in [0.4, 0.5) is 20.9 Å². The average molecular weight is 453 g/mol. The highest BCUT2D eigenvalue weighted by Crippen LogP contribution is 2.38. The molecule has 2 unspecified atom stereocenters. The Bertz CT molecular complexity index is 1190. The maximum Gasteiger partial charge on any atom is 0.257 e. The number of amides is 3. The topological polar surface area (TPSA) is 100 Å². The Morgan fingerprint density at radius 2 is 1.72 bits per heavy atom. The summed E-state index contributed by atoms with van der Waals surface area (Å²) in [4.78, 5) is 39.9. The van der Waals surface area contributed by atoms with Crippen molar-refractivity contribution in [2.45, 2.75) is 20.3 Å². The van der Waals surface area contributed by atoms with Gasteiger partial charge in [-0.05, 0) is 54.8 Å². The van der Waals surface area contributed by atoms with Gasteiger partial charge >= 0.3 is 0 Å². The van der Waals surface area contributed by atoms with Gasteiger partial charge in [-0.3, -0.25) is 19.7 Å². The van der Waals surface area contributed by atoms with Gasteiger partial charge in [-0.1, -0.05) is 6.92 Å². The van der Waals surface area contributed by atoms with Gasteiger partial charge in [-0.2, -0.15) is 0 Å². The lowest BCUT2D eigenvalue weighted by Gasteiger charge is -2.06. The summed E-state index contributed by atoms with van der Waals surface area (Å²) in [7, 11) is 0. The van der Waals surface area contributed by atoms with Gasteiger partial charge in [0.15, 0.2) is 5.13 Å². The van der Waals surface area contributed by atoms with Crippen LogP contribution in [0.1, 0.15) is 30.6 Å². The van der Waals surface area contributed by atoms with E-state index in [0.717, 1.165) is 6.42 Å². The number of nitrogens with one attached hydrogen (secondary N) is 3. The molecular formula is C23H21FN4O3S. The number of halogens is 1. The zero-order valence-corrected chi connectivity index (χ0v) is 18.3. The van der Waals surface area contributed by atoms with E-state index >= 15 is 0 Å². The Balaban J connectivity index is 1.39. The Morgan fingerprint density at radius 3 is 2.34 bits per heavy atom. The Morgan fingerprint density at radius 1 is 1.03 bits per heavy atom. The third-order valence-electron chi connectivity index (χ3n) is 5.15. The van der Waals surface area contributed by atoms with Crippen molar-refractivity contribution in [1.29, 1.82) is 0 Å². The molecule has 0 radical (unpaired) electrons. The van der Waals surface area contributed by atoms with Gasteiger partial charge in [0.1, 0.15) is 5.82 Å². The van der Waals surface area contributed by atoms with Crippen LogP contribution in [0, 0.1) is 17.7 Å². The molecule has 3 amide bonds. The number of hydrogen-bond acceptors (Lipinski definition) is 5. The van der Waals surface area contributed by atoms with Gasteiger partial charge in [0.05, 0.1) is 5.69 Å². The van der Waals surface area contributed by atoms with Crippen LogP contribution < -0.4 is 16.0 Å². The molecule has 164 valence electrons. The molecule has 0 bridgehead atoms. The minimum atomic E-state index is -0.530. The number of aromatic nitrogens is 1. The molecule has 1 aliphatic carbocycles. The molecule has 3 aromatic rings. The Kier molecular flexibility index (Phi) is 6.00. The van der Waals surface area contributed by atoms with Gasteiger partial charge in [0, 0.05) is 40.7 Å². The molecule has 32 heavy (non-hydrogen) atoms. The second-order valence-corrected chi connectivity index (χ2v) is 8.61. The van der Waals surface area contributed by atoms with E-state index in [1.807, 2.05) is 6.92 Å². The molecule has 3 N–H and O–H groups in total. The third-order valence-corrected chi connectivity index (χ3v) is 5.91. The van der Waals surface area contributed by atoms with Gasteiger partial charge in [0.2, 0.25) is 11.8 Å². The zero-order valence-electron chi connectivity index (χ0n) is 17.4. The third kappa shape index (κ3) is 5.00. The average Bonchev–Trinajstić information content (AvgIpc) is 3.30. The first-order chi connectivity index (χ1) is 15.3. The summed E-state index contributed by atoms with van der Waals surface area (Å²) < 4.78 is 14.4. The largest absolute Gasteiger partial charge is 0.326 e. The van der Waals surface area contributed by atoms with Crippen LogP contribution in [0.2, 0.25) is 0 Å². The fourth-order valence-corrected chi connectivity index (χ4v) is 3.96. The molecule has 1 saturated carbocycles. The van der Waals surface area contributed by atoms with Crippen molar-refractivity contribution >= 4 is 45.6 Å². The molecule has 0 spiro atoms. The summed E-state index contributed by atoms with van der Waals surface area (Å²) in [6, 6.07) is 10.9. The van der Waals surface area contributed by atoms with Crippen LogP contribution in [0.25, 0.3) is 11.3 Å². The predicted octanol–water partition coefficient (Wildman–Crippen LogP) is 4.75. The van der Waals surface area contributed by atoms with E-state index in [2.05, 4.69) is 20.9 Å². The number of carbonyl (C=O) groups excluding carboxylic acids is 3. The van der Waals surface area contributed by atoms with Crippen molar-refractivity contribution in [3.63, 3.8) is 0 Å².